The van der Waals surface area contributed by atoms with Crippen LogP contribution in [0.2, 0.25) is 0 Å². The maximum Gasteiger partial charge on any atom is 0.237 e. The van der Waals surface area contributed by atoms with E-state index in [0.29, 0.717) is 5.41 Å². The van der Waals surface area contributed by atoms with Crippen molar-refractivity contribution in [2.24, 2.45) is 17.1 Å². The highest BCUT2D eigenvalue weighted by Gasteiger charge is 2.42. The minimum absolute atomic E-state index is 0. The topological polar surface area (TPSA) is 64.4 Å². The number of ether oxygens (including phenoxy) is 1. The Morgan fingerprint density at radius 2 is 2.11 bits per heavy atom. The van der Waals surface area contributed by atoms with E-state index in [1.165, 1.54) is 12.8 Å². The Balaban J connectivity index is 0.00000289. The van der Waals surface area contributed by atoms with Crippen molar-refractivity contribution in [3.63, 3.8) is 0 Å². The summed E-state index contributed by atoms with van der Waals surface area (Å²) in [5, 5.41) is 2.99. The average molecular weight is 279 g/mol. The molecule has 0 saturated heterocycles. The Morgan fingerprint density at radius 3 is 2.56 bits per heavy atom. The lowest BCUT2D eigenvalue weighted by Gasteiger charge is -2.20. The third kappa shape index (κ3) is 5.12. The number of halogens is 1. The summed E-state index contributed by atoms with van der Waals surface area (Å²) in [5.41, 5.74) is 6.18. The molecule has 2 atom stereocenters. The third-order valence-corrected chi connectivity index (χ3v) is 3.99. The third-order valence-electron chi connectivity index (χ3n) is 3.99. The molecular weight excluding hydrogens is 252 g/mol. The summed E-state index contributed by atoms with van der Waals surface area (Å²) in [4.78, 5) is 11.8. The Hall–Kier alpha value is -0.320. The molecule has 0 aromatic rings. The van der Waals surface area contributed by atoms with Crippen LogP contribution in [0.1, 0.15) is 39.5 Å². The second kappa shape index (κ2) is 7.97. The van der Waals surface area contributed by atoms with E-state index < -0.39 is 0 Å². The van der Waals surface area contributed by atoms with E-state index in [1.54, 1.807) is 7.11 Å². The molecule has 3 N–H and O–H groups in total. The van der Waals surface area contributed by atoms with Gasteiger partial charge in [-0.2, -0.15) is 0 Å². The number of carbonyl (C=O) groups excluding carboxylic acids is 1. The van der Waals surface area contributed by atoms with Gasteiger partial charge in [-0.3, -0.25) is 4.79 Å². The fourth-order valence-electron chi connectivity index (χ4n) is 1.92. The first-order chi connectivity index (χ1) is 8.04. The standard InChI is InChI=1S/C13H26N2O2.ClH/c1-4-10(2)11(14)12(16)15-9-13(5-6-13)7-8-17-3;/h10-11H,4-9,14H2,1-3H3,(H,15,16);1H. The Labute approximate surface area is 116 Å². The molecule has 108 valence electrons. The number of methoxy groups -OCH3 is 1. The molecule has 4 nitrogen and oxygen atoms in total. The highest BCUT2D eigenvalue weighted by atomic mass is 35.5. The van der Waals surface area contributed by atoms with Crippen LogP contribution in [-0.4, -0.2) is 32.2 Å². The SMILES string of the molecule is CCC(C)C(N)C(=O)NCC1(CCOC)CC1.Cl. The second-order valence-corrected chi connectivity index (χ2v) is 5.37. The van der Waals surface area contributed by atoms with Gasteiger partial charge in [0.15, 0.2) is 0 Å². The molecule has 1 aliphatic rings. The molecule has 0 aromatic heterocycles. The number of carbonyl (C=O) groups is 1. The number of rotatable bonds is 8. The van der Waals surface area contributed by atoms with E-state index in [2.05, 4.69) is 12.2 Å². The Bertz CT molecular complexity index is 257. The zero-order valence-electron chi connectivity index (χ0n) is 11.7. The van der Waals surface area contributed by atoms with E-state index in [0.717, 1.165) is 26.0 Å². The number of nitrogens with one attached hydrogen (secondary N) is 1. The van der Waals surface area contributed by atoms with Crippen LogP contribution in [0.4, 0.5) is 0 Å². The van der Waals surface area contributed by atoms with E-state index in [4.69, 9.17) is 10.5 Å². The summed E-state index contributed by atoms with van der Waals surface area (Å²) in [6.45, 7) is 5.59. The zero-order valence-corrected chi connectivity index (χ0v) is 12.5. The molecule has 0 bridgehead atoms. The highest BCUT2D eigenvalue weighted by Crippen LogP contribution is 2.48. The number of amides is 1. The second-order valence-electron chi connectivity index (χ2n) is 5.37. The van der Waals surface area contributed by atoms with Crippen LogP contribution in [0.15, 0.2) is 0 Å². The van der Waals surface area contributed by atoms with E-state index in [9.17, 15) is 4.79 Å². The minimum Gasteiger partial charge on any atom is -0.385 e. The molecular formula is C13H27ClN2O2. The van der Waals surface area contributed by atoms with Crippen LogP contribution in [-0.2, 0) is 9.53 Å². The van der Waals surface area contributed by atoms with Crippen molar-refractivity contribution < 1.29 is 9.53 Å². The highest BCUT2D eigenvalue weighted by molar-refractivity contribution is 5.85. The summed E-state index contributed by atoms with van der Waals surface area (Å²) < 4.78 is 5.09. The Kier molecular flexibility index (Phi) is 7.83. The molecule has 1 amide bonds. The largest absolute Gasteiger partial charge is 0.385 e. The molecule has 5 heteroatoms. The van der Waals surface area contributed by atoms with Crippen LogP contribution in [0.3, 0.4) is 0 Å². The van der Waals surface area contributed by atoms with Crippen LogP contribution in [0.5, 0.6) is 0 Å². The molecule has 1 fully saturated rings. The fourth-order valence-corrected chi connectivity index (χ4v) is 1.92. The van der Waals surface area contributed by atoms with E-state index in [-0.39, 0.29) is 30.3 Å². The van der Waals surface area contributed by atoms with Gasteiger partial charge in [-0.05, 0) is 30.6 Å². The number of hydrogen-bond donors (Lipinski definition) is 2. The lowest BCUT2D eigenvalue weighted by atomic mass is 9.98. The molecule has 2 unspecified atom stereocenters. The van der Waals surface area contributed by atoms with Crippen molar-refractivity contribution in [3.8, 4) is 0 Å². The first kappa shape index (κ1) is 17.7. The van der Waals surface area contributed by atoms with Gasteiger partial charge in [0.2, 0.25) is 5.91 Å². The average Bonchev–Trinajstić information content (AvgIpc) is 3.12. The van der Waals surface area contributed by atoms with Crippen LogP contribution in [0.25, 0.3) is 0 Å². The molecule has 0 spiro atoms. The predicted molar refractivity (Wildman–Crippen MR) is 75.8 cm³/mol. The molecule has 1 saturated carbocycles. The van der Waals surface area contributed by atoms with Gasteiger partial charge in [-0.25, -0.2) is 0 Å². The molecule has 0 radical (unpaired) electrons. The van der Waals surface area contributed by atoms with Crippen molar-refractivity contribution in [1.82, 2.24) is 5.32 Å². The van der Waals surface area contributed by atoms with Gasteiger partial charge in [0.05, 0.1) is 6.04 Å². The molecule has 0 aromatic carbocycles. The van der Waals surface area contributed by atoms with Crippen molar-refractivity contribution in [2.75, 3.05) is 20.3 Å². The monoisotopic (exact) mass is 278 g/mol. The van der Waals surface area contributed by atoms with Crippen molar-refractivity contribution >= 4 is 18.3 Å². The summed E-state index contributed by atoms with van der Waals surface area (Å²) in [6.07, 6.45) is 4.34. The van der Waals surface area contributed by atoms with Gasteiger partial charge >= 0.3 is 0 Å². The molecule has 1 rings (SSSR count). The first-order valence-electron chi connectivity index (χ1n) is 6.57. The van der Waals surface area contributed by atoms with Crippen molar-refractivity contribution in [1.29, 1.82) is 0 Å². The number of hydrogen-bond acceptors (Lipinski definition) is 3. The van der Waals surface area contributed by atoms with Gasteiger partial charge in [-0.1, -0.05) is 20.3 Å². The van der Waals surface area contributed by atoms with Gasteiger partial charge in [-0.15, -0.1) is 12.4 Å². The maximum absolute atomic E-state index is 11.8. The normalized spacial score (nSPS) is 19.6. The van der Waals surface area contributed by atoms with E-state index in [1.807, 2.05) is 6.92 Å². The Morgan fingerprint density at radius 1 is 1.50 bits per heavy atom. The summed E-state index contributed by atoms with van der Waals surface area (Å²) in [7, 11) is 1.72. The lowest BCUT2D eigenvalue weighted by Crippen LogP contribution is -2.46. The molecule has 0 aliphatic heterocycles. The predicted octanol–water partition coefficient (Wildman–Crippen LogP) is 1.71. The number of nitrogens with two attached hydrogens (primary N) is 1. The van der Waals surface area contributed by atoms with Crippen LogP contribution >= 0.6 is 12.4 Å². The smallest absolute Gasteiger partial charge is 0.237 e. The summed E-state index contributed by atoms with van der Waals surface area (Å²) in [5.74, 6) is 0.229. The maximum atomic E-state index is 11.8. The summed E-state index contributed by atoms with van der Waals surface area (Å²) in [6, 6.07) is -0.377. The van der Waals surface area contributed by atoms with Gasteiger partial charge in [0, 0.05) is 20.3 Å². The van der Waals surface area contributed by atoms with Gasteiger partial charge in [0.1, 0.15) is 0 Å². The zero-order chi connectivity index (χ0) is 12.9. The van der Waals surface area contributed by atoms with Crippen LogP contribution < -0.4 is 11.1 Å². The summed E-state index contributed by atoms with van der Waals surface area (Å²) >= 11 is 0. The first-order valence-corrected chi connectivity index (χ1v) is 6.57. The molecule has 1 aliphatic carbocycles. The fraction of sp³-hybridized carbons (Fsp3) is 0.923. The van der Waals surface area contributed by atoms with Gasteiger partial charge < -0.3 is 15.8 Å². The quantitative estimate of drug-likeness (QED) is 0.710. The van der Waals surface area contributed by atoms with Gasteiger partial charge in [0.25, 0.3) is 0 Å². The molecule has 0 heterocycles. The van der Waals surface area contributed by atoms with E-state index >= 15 is 0 Å². The van der Waals surface area contributed by atoms with Crippen molar-refractivity contribution in [2.45, 2.75) is 45.6 Å². The van der Waals surface area contributed by atoms with Crippen LogP contribution in [0, 0.1) is 11.3 Å². The molecule has 18 heavy (non-hydrogen) atoms. The lowest BCUT2D eigenvalue weighted by molar-refractivity contribution is -0.123. The minimum atomic E-state index is -0.377. The van der Waals surface area contributed by atoms with Crippen molar-refractivity contribution in [3.05, 3.63) is 0 Å².